The third-order valence-corrected chi connectivity index (χ3v) is 5.26. The van der Waals surface area contributed by atoms with Gasteiger partial charge >= 0.3 is 6.03 Å². The van der Waals surface area contributed by atoms with Crippen molar-refractivity contribution in [1.82, 2.24) is 9.37 Å². The molecule has 1 N–H and O–H groups in total. The Bertz CT molecular complexity index is 601. The first-order chi connectivity index (χ1) is 9.44. The normalized spacial score (nSPS) is 16.0. The molecule has 2 rings (SSSR count). The van der Waals surface area contributed by atoms with Gasteiger partial charge in [-0.1, -0.05) is 16.6 Å². The second-order valence-electron chi connectivity index (χ2n) is 4.06. The van der Waals surface area contributed by atoms with Crippen LogP contribution in [0, 0.1) is 0 Å². The summed E-state index contributed by atoms with van der Waals surface area (Å²) >= 11 is 3.08. The Kier molecular flexibility index (Phi) is 4.63. The van der Waals surface area contributed by atoms with E-state index in [1.165, 1.54) is 23.1 Å². The Morgan fingerprint density at radius 3 is 2.50 bits per heavy atom. The maximum Gasteiger partial charge on any atom is 0.358 e. The summed E-state index contributed by atoms with van der Waals surface area (Å²) in [6.07, 6.45) is 0. The summed E-state index contributed by atoms with van der Waals surface area (Å²) in [5.74, 6) is 0. The molecule has 9 heteroatoms. The van der Waals surface area contributed by atoms with Gasteiger partial charge in [-0.3, -0.25) is 5.21 Å². The van der Waals surface area contributed by atoms with Gasteiger partial charge in [0.15, 0.2) is 0 Å². The van der Waals surface area contributed by atoms with Gasteiger partial charge < -0.3 is 9.64 Å². The standard InChI is InChI=1S/C11H13BrN2O5S/c12-9-3-1-2-4-10(9)20(17,18)14(16)11(15)13-5-7-19-8-6-13/h1-4,16H,5-8H2. The lowest BCUT2D eigenvalue weighted by atomic mass is 10.4. The molecule has 0 saturated carbocycles. The SMILES string of the molecule is O=C(N1CCOCC1)N(O)S(=O)(=O)c1ccccc1Br. The fourth-order valence-corrected chi connectivity index (χ4v) is 3.70. The smallest absolute Gasteiger partial charge is 0.358 e. The number of hydrogen-bond acceptors (Lipinski definition) is 5. The van der Waals surface area contributed by atoms with E-state index in [4.69, 9.17) is 4.74 Å². The van der Waals surface area contributed by atoms with Gasteiger partial charge in [0.1, 0.15) is 4.90 Å². The van der Waals surface area contributed by atoms with Crippen LogP contribution in [-0.2, 0) is 14.8 Å². The average Bonchev–Trinajstić information content (AvgIpc) is 2.47. The number of urea groups is 1. The van der Waals surface area contributed by atoms with Crippen LogP contribution < -0.4 is 0 Å². The summed E-state index contributed by atoms with van der Waals surface area (Å²) in [6, 6.07) is 4.97. The van der Waals surface area contributed by atoms with Gasteiger partial charge in [-0.25, -0.2) is 4.79 Å². The van der Waals surface area contributed by atoms with Crippen LogP contribution in [0.3, 0.4) is 0 Å². The van der Waals surface area contributed by atoms with Crippen LogP contribution in [-0.4, -0.2) is 55.3 Å². The number of ether oxygens (including phenoxy) is 1. The fraction of sp³-hybridized carbons (Fsp3) is 0.364. The van der Waals surface area contributed by atoms with Crippen LogP contribution in [0.4, 0.5) is 4.79 Å². The third kappa shape index (κ3) is 2.95. The number of amides is 2. The molecule has 1 aromatic carbocycles. The van der Waals surface area contributed by atoms with Crippen molar-refractivity contribution in [3.63, 3.8) is 0 Å². The number of carbonyl (C=O) groups excluding carboxylic acids is 1. The van der Waals surface area contributed by atoms with E-state index in [2.05, 4.69) is 15.9 Å². The van der Waals surface area contributed by atoms with E-state index in [0.29, 0.717) is 13.2 Å². The molecule has 2 amide bonds. The van der Waals surface area contributed by atoms with Gasteiger partial charge in [-0.05, 0) is 28.1 Å². The number of halogens is 1. The van der Waals surface area contributed by atoms with E-state index in [0.717, 1.165) is 0 Å². The molecular formula is C11H13BrN2O5S. The number of carbonyl (C=O) groups is 1. The first-order valence-electron chi connectivity index (χ1n) is 5.80. The van der Waals surface area contributed by atoms with E-state index in [1.54, 1.807) is 6.07 Å². The lowest BCUT2D eigenvalue weighted by Crippen LogP contribution is -2.48. The lowest BCUT2D eigenvalue weighted by Gasteiger charge is -2.29. The van der Waals surface area contributed by atoms with E-state index >= 15 is 0 Å². The molecule has 0 spiro atoms. The van der Waals surface area contributed by atoms with Crippen LogP contribution in [0.15, 0.2) is 33.6 Å². The quantitative estimate of drug-likeness (QED) is 0.630. The van der Waals surface area contributed by atoms with Crippen molar-refractivity contribution in [2.24, 2.45) is 0 Å². The first kappa shape index (κ1) is 15.2. The van der Waals surface area contributed by atoms with Crippen LogP contribution in [0.2, 0.25) is 0 Å². The molecule has 1 saturated heterocycles. The van der Waals surface area contributed by atoms with Gasteiger partial charge in [0.25, 0.3) is 10.0 Å². The monoisotopic (exact) mass is 364 g/mol. The molecule has 0 aromatic heterocycles. The summed E-state index contributed by atoms with van der Waals surface area (Å²) in [4.78, 5) is 13.0. The maximum atomic E-state index is 12.2. The number of hydrogen-bond donors (Lipinski definition) is 1. The molecular weight excluding hydrogens is 352 g/mol. The minimum absolute atomic E-state index is 0.177. The number of sulfonamides is 1. The zero-order valence-corrected chi connectivity index (χ0v) is 12.8. The van der Waals surface area contributed by atoms with Crippen LogP contribution >= 0.6 is 15.9 Å². The summed E-state index contributed by atoms with van der Waals surface area (Å²) in [5, 5.41) is 9.77. The first-order valence-corrected chi connectivity index (χ1v) is 8.03. The average molecular weight is 365 g/mol. The highest BCUT2D eigenvalue weighted by molar-refractivity contribution is 9.10. The molecule has 0 aliphatic carbocycles. The number of morpholine rings is 1. The van der Waals surface area contributed by atoms with Gasteiger partial charge in [0.05, 0.1) is 13.2 Å². The molecule has 0 radical (unpaired) electrons. The van der Waals surface area contributed by atoms with Crippen molar-refractivity contribution < 1.29 is 23.2 Å². The van der Waals surface area contributed by atoms with Crippen molar-refractivity contribution in [1.29, 1.82) is 0 Å². The zero-order chi connectivity index (χ0) is 14.8. The van der Waals surface area contributed by atoms with Crippen LogP contribution in [0.25, 0.3) is 0 Å². The predicted molar refractivity (Wildman–Crippen MR) is 72.7 cm³/mol. The van der Waals surface area contributed by atoms with Gasteiger partial charge in [-0.2, -0.15) is 8.42 Å². The summed E-state index contributed by atoms with van der Waals surface area (Å²) in [7, 11) is -4.31. The molecule has 1 aliphatic heterocycles. The summed E-state index contributed by atoms with van der Waals surface area (Å²) in [5.41, 5.74) is 0. The van der Waals surface area contributed by atoms with E-state index in [9.17, 15) is 18.4 Å². The molecule has 0 unspecified atom stereocenters. The molecule has 1 aliphatic rings. The van der Waals surface area contributed by atoms with E-state index in [-0.39, 0.29) is 26.9 Å². The van der Waals surface area contributed by atoms with Crippen molar-refractivity contribution >= 4 is 32.0 Å². The minimum Gasteiger partial charge on any atom is -0.378 e. The van der Waals surface area contributed by atoms with Crippen molar-refractivity contribution in [2.45, 2.75) is 4.90 Å². The van der Waals surface area contributed by atoms with Crippen molar-refractivity contribution in [3.8, 4) is 0 Å². The number of rotatable bonds is 2. The number of hydroxylamine groups is 1. The van der Waals surface area contributed by atoms with Gasteiger partial charge in [0, 0.05) is 17.6 Å². The Morgan fingerprint density at radius 1 is 1.30 bits per heavy atom. The Hall–Kier alpha value is -1.16. The lowest BCUT2D eigenvalue weighted by molar-refractivity contribution is -0.00316. The fourth-order valence-electron chi connectivity index (χ4n) is 1.73. The summed E-state index contributed by atoms with van der Waals surface area (Å²) < 4.78 is 29.5. The molecule has 1 fully saturated rings. The Balaban J connectivity index is 2.25. The second kappa shape index (κ2) is 6.08. The molecule has 1 heterocycles. The molecule has 0 atom stereocenters. The highest BCUT2D eigenvalue weighted by Crippen LogP contribution is 2.24. The van der Waals surface area contributed by atoms with Crippen molar-refractivity contribution in [3.05, 3.63) is 28.7 Å². The predicted octanol–water partition coefficient (Wildman–Crippen LogP) is 1.28. The highest BCUT2D eigenvalue weighted by Gasteiger charge is 2.33. The van der Waals surface area contributed by atoms with Crippen LogP contribution in [0.1, 0.15) is 0 Å². The molecule has 1 aromatic rings. The molecule has 0 bridgehead atoms. The maximum absolute atomic E-state index is 12.2. The van der Waals surface area contributed by atoms with Gasteiger partial charge in [0.2, 0.25) is 0 Å². The van der Waals surface area contributed by atoms with E-state index in [1.807, 2.05) is 0 Å². The Labute approximate surface area is 124 Å². The zero-order valence-electron chi connectivity index (χ0n) is 10.4. The van der Waals surface area contributed by atoms with Gasteiger partial charge in [-0.15, -0.1) is 0 Å². The molecule has 110 valence electrons. The molecule has 20 heavy (non-hydrogen) atoms. The van der Waals surface area contributed by atoms with Crippen LogP contribution in [0.5, 0.6) is 0 Å². The van der Waals surface area contributed by atoms with E-state index < -0.39 is 16.1 Å². The largest absolute Gasteiger partial charge is 0.378 e. The second-order valence-corrected chi connectivity index (χ2v) is 6.65. The summed E-state index contributed by atoms with van der Waals surface area (Å²) in [6.45, 7) is 1.10. The number of nitrogens with zero attached hydrogens (tertiary/aromatic N) is 2. The van der Waals surface area contributed by atoms with Crippen molar-refractivity contribution in [2.75, 3.05) is 26.3 Å². The minimum atomic E-state index is -4.31. The molecule has 7 nitrogen and oxygen atoms in total. The third-order valence-electron chi connectivity index (χ3n) is 2.79. The Morgan fingerprint density at radius 2 is 1.90 bits per heavy atom. The highest BCUT2D eigenvalue weighted by atomic mass is 79.9. The number of benzene rings is 1. The topological polar surface area (TPSA) is 87.2 Å².